The Morgan fingerprint density at radius 3 is 1.97 bits per heavy atom. The molecule has 3 aromatic rings. The highest BCUT2D eigenvalue weighted by Crippen LogP contribution is 2.41. The molecule has 0 N–H and O–H groups in total. The molecule has 2 unspecified atom stereocenters. The van der Waals surface area contributed by atoms with Gasteiger partial charge in [0.1, 0.15) is 17.2 Å². The average molecular weight is 598 g/mol. The quantitative estimate of drug-likeness (QED) is 0.255. The Labute approximate surface area is 226 Å². The van der Waals surface area contributed by atoms with Crippen LogP contribution in [0.3, 0.4) is 0 Å². The van der Waals surface area contributed by atoms with Crippen molar-refractivity contribution in [2.75, 3.05) is 0 Å². The molecule has 0 aliphatic heterocycles. The SMILES string of the molecule is CC(Oc1cc(Oc2ccc(C(F)(F)F)cc2Cl)c(Cl)cc1Cl)C(=O)C(C#N)c1ccc(C(F)(F)F)cn1. The third kappa shape index (κ3) is 6.81. The highest BCUT2D eigenvalue weighted by Gasteiger charge is 2.33. The third-order valence-electron chi connectivity index (χ3n) is 4.99. The Kier molecular flexibility index (Phi) is 8.71. The molecule has 0 fully saturated rings. The van der Waals surface area contributed by atoms with Crippen LogP contribution in [0.4, 0.5) is 26.3 Å². The number of Topliss-reactive ketones (excluding diaryl/α,β-unsaturated/α-hetero) is 1. The van der Waals surface area contributed by atoms with Crippen LogP contribution in [0.5, 0.6) is 17.2 Å². The maximum absolute atomic E-state index is 12.9. The van der Waals surface area contributed by atoms with Crippen molar-refractivity contribution in [3.63, 3.8) is 0 Å². The van der Waals surface area contributed by atoms with Gasteiger partial charge in [0, 0.05) is 12.3 Å². The van der Waals surface area contributed by atoms with E-state index < -0.39 is 41.3 Å². The first-order valence-electron chi connectivity index (χ1n) is 10.3. The normalized spacial score (nSPS) is 13.4. The van der Waals surface area contributed by atoms with E-state index in [0.717, 1.165) is 24.3 Å². The van der Waals surface area contributed by atoms with Crippen LogP contribution in [0.1, 0.15) is 29.7 Å². The fraction of sp³-hybridized carbons (Fsp3) is 0.208. The molecule has 1 heterocycles. The van der Waals surface area contributed by atoms with E-state index in [1.165, 1.54) is 13.0 Å². The molecule has 0 amide bonds. The summed E-state index contributed by atoms with van der Waals surface area (Å²) in [7, 11) is 0. The molecule has 0 spiro atoms. The number of hydrogen-bond donors (Lipinski definition) is 0. The summed E-state index contributed by atoms with van der Waals surface area (Å²) in [4.78, 5) is 16.4. The second kappa shape index (κ2) is 11.3. The zero-order valence-corrected chi connectivity index (χ0v) is 21.1. The van der Waals surface area contributed by atoms with E-state index in [2.05, 4.69) is 4.98 Å². The summed E-state index contributed by atoms with van der Waals surface area (Å²) >= 11 is 18.2. The molecule has 0 aliphatic carbocycles. The second-order valence-electron chi connectivity index (χ2n) is 7.65. The fourth-order valence-electron chi connectivity index (χ4n) is 3.06. The van der Waals surface area contributed by atoms with Crippen molar-refractivity contribution in [2.24, 2.45) is 0 Å². The summed E-state index contributed by atoms with van der Waals surface area (Å²) in [6, 6.07) is 8.02. The van der Waals surface area contributed by atoms with Crippen molar-refractivity contribution in [3.05, 3.63) is 80.6 Å². The molecule has 0 bridgehead atoms. The van der Waals surface area contributed by atoms with Gasteiger partial charge >= 0.3 is 12.4 Å². The van der Waals surface area contributed by atoms with Gasteiger partial charge in [-0.15, -0.1) is 0 Å². The van der Waals surface area contributed by atoms with Crippen molar-refractivity contribution in [1.82, 2.24) is 4.98 Å². The largest absolute Gasteiger partial charge is 0.481 e. The summed E-state index contributed by atoms with van der Waals surface area (Å²) in [5.74, 6) is -2.84. The van der Waals surface area contributed by atoms with Crippen LogP contribution in [-0.2, 0) is 17.1 Å². The van der Waals surface area contributed by atoms with Crippen LogP contribution in [0.15, 0.2) is 48.7 Å². The van der Waals surface area contributed by atoms with Gasteiger partial charge in [0.15, 0.2) is 17.8 Å². The van der Waals surface area contributed by atoms with Crippen LogP contribution in [0.25, 0.3) is 0 Å². The lowest BCUT2D eigenvalue weighted by molar-refractivity contribution is -0.138. The molecular weight excluding hydrogens is 585 g/mol. The van der Waals surface area contributed by atoms with Crippen LogP contribution in [0, 0.1) is 11.3 Å². The first-order valence-corrected chi connectivity index (χ1v) is 11.4. The standard InChI is InChI=1S/C24H13Cl3F6N2O3/c1-11(22(36)14(9-34)18-4-2-13(10-35-18)24(31,32)33)37-20-8-21(17(27)7-16(20)26)38-19-5-3-12(6-15(19)25)23(28,29)30/h2-8,10-11,14H,1H3. The molecule has 14 heteroatoms. The number of ketones is 1. The molecule has 2 atom stereocenters. The molecule has 0 radical (unpaired) electrons. The van der Waals surface area contributed by atoms with Gasteiger partial charge in [0.05, 0.1) is 38.0 Å². The first-order chi connectivity index (χ1) is 17.6. The number of rotatable bonds is 7. The molecule has 3 rings (SSSR count). The molecular formula is C24H13Cl3F6N2O3. The van der Waals surface area contributed by atoms with E-state index in [-0.39, 0.29) is 38.0 Å². The molecule has 5 nitrogen and oxygen atoms in total. The van der Waals surface area contributed by atoms with E-state index in [0.29, 0.717) is 18.3 Å². The number of ether oxygens (including phenoxy) is 2. The van der Waals surface area contributed by atoms with Crippen LogP contribution in [-0.4, -0.2) is 16.9 Å². The lowest BCUT2D eigenvalue weighted by Crippen LogP contribution is -2.29. The number of halogens is 9. The number of carbonyl (C=O) groups is 1. The highest BCUT2D eigenvalue weighted by atomic mass is 35.5. The predicted molar refractivity (Wildman–Crippen MR) is 126 cm³/mol. The van der Waals surface area contributed by atoms with E-state index >= 15 is 0 Å². The van der Waals surface area contributed by atoms with Gasteiger partial charge in [-0.3, -0.25) is 9.78 Å². The topological polar surface area (TPSA) is 72.2 Å². The molecule has 2 aromatic carbocycles. The van der Waals surface area contributed by atoms with Gasteiger partial charge in [-0.25, -0.2) is 0 Å². The zero-order chi connectivity index (χ0) is 28.4. The van der Waals surface area contributed by atoms with Crippen molar-refractivity contribution < 1.29 is 40.6 Å². The minimum absolute atomic E-state index is 0.0684. The number of nitriles is 1. The van der Waals surface area contributed by atoms with Crippen molar-refractivity contribution in [2.45, 2.75) is 31.3 Å². The number of hydrogen-bond acceptors (Lipinski definition) is 5. The van der Waals surface area contributed by atoms with E-state index in [1.54, 1.807) is 6.07 Å². The van der Waals surface area contributed by atoms with E-state index in [9.17, 15) is 36.4 Å². The molecule has 0 aliphatic rings. The van der Waals surface area contributed by atoms with Gasteiger partial charge in [0.2, 0.25) is 0 Å². The van der Waals surface area contributed by atoms with Crippen LogP contribution < -0.4 is 9.47 Å². The smallest absolute Gasteiger partial charge is 0.417 e. The maximum atomic E-state index is 12.9. The Bertz CT molecular complexity index is 1390. The van der Waals surface area contributed by atoms with E-state index in [1.807, 2.05) is 0 Å². The molecule has 1 aromatic heterocycles. The van der Waals surface area contributed by atoms with Gasteiger partial charge in [-0.05, 0) is 43.3 Å². The minimum Gasteiger partial charge on any atom is -0.481 e. The van der Waals surface area contributed by atoms with Crippen molar-refractivity contribution in [3.8, 4) is 23.3 Å². The summed E-state index contributed by atoms with van der Waals surface area (Å²) < 4.78 is 88.0. The molecule has 0 saturated carbocycles. The van der Waals surface area contributed by atoms with E-state index in [4.69, 9.17) is 44.3 Å². The fourth-order valence-corrected chi connectivity index (χ4v) is 3.75. The van der Waals surface area contributed by atoms with Gasteiger partial charge in [0.25, 0.3) is 0 Å². The Hall–Kier alpha value is -3.20. The first kappa shape index (κ1) is 29.4. The number of nitrogens with zero attached hydrogens (tertiary/aromatic N) is 2. The number of carbonyl (C=O) groups excluding carboxylic acids is 1. The number of aromatic nitrogens is 1. The zero-order valence-electron chi connectivity index (χ0n) is 18.8. The highest BCUT2D eigenvalue weighted by molar-refractivity contribution is 6.36. The number of benzene rings is 2. The monoisotopic (exact) mass is 596 g/mol. The van der Waals surface area contributed by atoms with Crippen molar-refractivity contribution >= 4 is 40.6 Å². The Morgan fingerprint density at radius 1 is 0.868 bits per heavy atom. The van der Waals surface area contributed by atoms with Gasteiger partial charge in [-0.2, -0.15) is 31.6 Å². The second-order valence-corrected chi connectivity index (χ2v) is 8.87. The summed E-state index contributed by atoms with van der Waals surface area (Å²) in [6.45, 7) is 1.27. The summed E-state index contributed by atoms with van der Waals surface area (Å²) in [6.07, 6.45) is -10.1. The van der Waals surface area contributed by atoms with Crippen LogP contribution >= 0.6 is 34.8 Å². The summed E-state index contributed by atoms with van der Waals surface area (Å²) in [5, 5.41) is 8.94. The lowest BCUT2D eigenvalue weighted by atomic mass is 9.97. The predicted octanol–water partition coefficient (Wildman–Crippen LogP) is 8.52. The molecule has 38 heavy (non-hydrogen) atoms. The molecule has 0 saturated heterocycles. The Balaban J connectivity index is 1.82. The molecule has 200 valence electrons. The average Bonchev–Trinajstić information content (AvgIpc) is 2.82. The van der Waals surface area contributed by atoms with Crippen molar-refractivity contribution in [1.29, 1.82) is 5.26 Å². The van der Waals surface area contributed by atoms with Crippen LogP contribution in [0.2, 0.25) is 15.1 Å². The Morgan fingerprint density at radius 2 is 1.45 bits per heavy atom. The van der Waals surface area contributed by atoms with Gasteiger partial charge in [-0.1, -0.05) is 34.8 Å². The minimum atomic E-state index is -4.65. The lowest BCUT2D eigenvalue weighted by Gasteiger charge is -2.19. The maximum Gasteiger partial charge on any atom is 0.417 e. The number of pyridine rings is 1. The number of alkyl halides is 6. The third-order valence-corrected chi connectivity index (χ3v) is 5.88. The van der Waals surface area contributed by atoms with Gasteiger partial charge < -0.3 is 9.47 Å². The summed E-state index contributed by atoms with van der Waals surface area (Å²) in [5.41, 5.74) is -2.27.